The topological polar surface area (TPSA) is 209 Å². The summed E-state index contributed by atoms with van der Waals surface area (Å²) in [6.45, 7) is 6.66. The van der Waals surface area contributed by atoms with E-state index in [2.05, 4.69) is 16.0 Å². The Morgan fingerprint density at radius 1 is 0.783 bits per heavy atom. The van der Waals surface area contributed by atoms with E-state index >= 15 is 0 Å². The molecule has 1 aromatic heterocycles. The van der Waals surface area contributed by atoms with Crippen LogP contribution in [0.3, 0.4) is 0 Å². The molecule has 5 rings (SSSR count). The third-order valence-electron chi connectivity index (χ3n) is 11.0. The first-order valence-electron chi connectivity index (χ1n) is 22.7. The van der Waals surface area contributed by atoms with Crippen molar-refractivity contribution >= 4 is 42.0 Å². The molecule has 5 aromatic rings. The zero-order valence-corrected chi connectivity index (χ0v) is 39.0. The number of hydrogen-bond acceptors (Lipinski definition) is 12. The fourth-order valence-electron chi connectivity index (χ4n) is 7.36. The molecule has 17 heteroatoms. The van der Waals surface area contributed by atoms with Gasteiger partial charge in [-0.2, -0.15) is 5.06 Å². The molecule has 0 saturated carbocycles. The molecule has 364 valence electrons. The van der Waals surface area contributed by atoms with Crippen molar-refractivity contribution in [2.45, 2.75) is 91.5 Å². The van der Waals surface area contributed by atoms with Gasteiger partial charge in [0.25, 0.3) is 11.8 Å². The largest absolute Gasteiger partial charge is 0.493 e. The molecule has 16 nitrogen and oxygen atoms in total. The Bertz CT molecular complexity index is 2510. The molecule has 0 saturated heterocycles. The monoisotopic (exact) mass is 948 g/mol. The van der Waals surface area contributed by atoms with Gasteiger partial charge in [-0.3, -0.25) is 24.0 Å². The van der Waals surface area contributed by atoms with Gasteiger partial charge >= 0.3 is 17.9 Å². The summed E-state index contributed by atoms with van der Waals surface area (Å²) < 4.78 is 37.2. The lowest BCUT2D eigenvalue weighted by atomic mass is 9.90. The number of halogens is 1. The zero-order chi connectivity index (χ0) is 49.7. The van der Waals surface area contributed by atoms with Gasteiger partial charge in [0, 0.05) is 5.56 Å². The number of unbranched alkanes of at least 4 members (excludes halogenated alkanes) is 2. The minimum Gasteiger partial charge on any atom is -0.493 e. The number of benzene rings is 4. The van der Waals surface area contributed by atoms with Gasteiger partial charge in [0.1, 0.15) is 42.1 Å². The molecule has 4 amide bonds. The summed E-state index contributed by atoms with van der Waals surface area (Å²) in [5.74, 6) is -6.03. The zero-order valence-electron chi connectivity index (χ0n) is 39.0. The van der Waals surface area contributed by atoms with Gasteiger partial charge in [-0.05, 0) is 73.7 Å². The van der Waals surface area contributed by atoms with E-state index in [0.717, 1.165) is 29.5 Å². The van der Waals surface area contributed by atoms with Crippen LogP contribution in [0.4, 0.5) is 4.39 Å². The highest BCUT2D eigenvalue weighted by molar-refractivity contribution is 6.00. The number of amides is 4. The molecule has 0 aliphatic rings. The van der Waals surface area contributed by atoms with Crippen molar-refractivity contribution in [2.75, 3.05) is 13.3 Å². The summed E-state index contributed by atoms with van der Waals surface area (Å²) in [7, 11) is 0. The van der Waals surface area contributed by atoms with Gasteiger partial charge in [-0.15, -0.1) is 0 Å². The smallest absolute Gasteiger partial charge is 0.366 e. The molecular weight excluding hydrogens is 892 g/mol. The molecule has 4 aromatic carbocycles. The van der Waals surface area contributed by atoms with Crippen molar-refractivity contribution in [3.63, 3.8) is 0 Å². The Morgan fingerprint density at radius 2 is 1.48 bits per heavy atom. The molecule has 0 spiro atoms. The van der Waals surface area contributed by atoms with Gasteiger partial charge in [0.2, 0.25) is 12.3 Å². The average Bonchev–Trinajstić information content (AvgIpc) is 3.86. The van der Waals surface area contributed by atoms with Crippen LogP contribution in [0.25, 0.3) is 11.3 Å². The summed E-state index contributed by atoms with van der Waals surface area (Å²) in [6, 6.07) is 27.1. The third kappa shape index (κ3) is 15.1. The highest BCUT2D eigenvalue weighted by atomic mass is 19.1. The number of rotatable bonds is 26. The molecule has 0 fully saturated rings. The number of aryl methyl sites for hydroxylation is 1. The third-order valence-corrected chi connectivity index (χ3v) is 11.0. The van der Waals surface area contributed by atoms with Crippen LogP contribution in [-0.4, -0.2) is 72.5 Å². The number of hydrogen-bond donors (Lipinski definition) is 3. The van der Waals surface area contributed by atoms with Crippen LogP contribution in [-0.2, 0) is 46.7 Å². The number of carbonyl (C=O) groups excluding carboxylic acids is 7. The fraction of sp³-hybridized carbons (Fsp3) is 0.327. The minimum atomic E-state index is -1.42. The first-order valence-corrected chi connectivity index (χ1v) is 22.7. The number of ether oxygens (including phenoxy) is 3. The number of furan rings is 1. The number of nitrogens with zero attached hydrogens (tertiary/aromatic N) is 1. The lowest BCUT2D eigenvalue weighted by Crippen LogP contribution is -2.49. The second-order valence-corrected chi connectivity index (χ2v) is 15.9. The van der Waals surface area contributed by atoms with Gasteiger partial charge < -0.3 is 39.4 Å². The van der Waals surface area contributed by atoms with Crippen LogP contribution in [0.15, 0.2) is 114 Å². The number of nitrogens with one attached hydrogen (secondary N) is 3. The first kappa shape index (κ1) is 52.2. The van der Waals surface area contributed by atoms with Crippen molar-refractivity contribution in [2.24, 2.45) is 5.92 Å². The lowest BCUT2D eigenvalue weighted by molar-refractivity contribution is -0.171. The van der Waals surface area contributed by atoms with Crippen LogP contribution in [0, 0.1) is 18.7 Å². The Balaban J connectivity index is 1.24. The second kappa shape index (κ2) is 26.5. The summed E-state index contributed by atoms with van der Waals surface area (Å²) in [5.41, 5.74) is 1.89. The van der Waals surface area contributed by atoms with Gasteiger partial charge in [-0.1, -0.05) is 112 Å². The van der Waals surface area contributed by atoms with Crippen molar-refractivity contribution in [1.29, 1.82) is 0 Å². The first-order chi connectivity index (χ1) is 33.4. The number of carbonyl (C=O) groups is 7. The Hall–Kier alpha value is -7.82. The summed E-state index contributed by atoms with van der Waals surface area (Å²) in [5, 5.41) is 8.62. The molecule has 3 N–H and O–H groups in total. The normalized spacial score (nSPS) is 12.1. The van der Waals surface area contributed by atoms with Crippen molar-refractivity contribution in [1.82, 2.24) is 21.0 Å². The molecule has 0 unspecified atom stereocenters. The molecule has 3 atom stereocenters. The van der Waals surface area contributed by atoms with E-state index in [1.165, 1.54) is 43.3 Å². The SMILES string of the molecule is CCCCC[C@@H](C(=O)NCNC(=O)c1ccc(-c2ccc(C(=O)N[C@@H](CC(=O)OCc3ccccc3)C(=O)OCc3ccccc3)c(OCC)c2)o1)[C@@H](CC)N(C=O)OC(=O)c1c(C)cccc1F. The summed E-state index contributed by atoms with van der Waals surface area (Å²) in [6.07, 6.45) is 2.56. The van der Waals surface area contributed by atoms with E-state index in [0.29, 0.717) is 29.5 Å². The van der Waals surface area contributed by atoms with E-state index < -0.39 is 65.9 Å². The van der Waals surface area contributed by atoms with Crippen molar-refractivity contribution < 1.29 is 61.4 Å². The van der Waals surface area contributed by atoms with E-state index in [1.54, 1.807) is 68.4 Å². The number of esters is 2. The van der Waals surface area contributed by atoms with E-state index in [1.807, 2.05) is 19.1 Å². The van der Waals surface area contributed by atoms with Crippen LogP contribution < -0.4 is 20.7 Å². The van der Waals surface area contributed by atoms with Gasteiger partial charge in [0.05, 0.1) is 37.2 Å². The lowest BCUT2D eigenvalue weighted by Gasteiger charge is -2.32. The van der Waals surface area contributed by atoms with Gasteiger partial charge in [-0.25, -0.2) is 14.0 Å². The summed E-state index contributed by atoms with van der Waals surface area (Å²) in [4.78, 5) is 97.7. The van der Waals surface area contributed by atoms with Crippen LogP contribution in [0.2, 0.25) is 0 Å². The molecule has 0 radical (unpaired) electrons. The molecule has 69 heavy (non-hydrogen) atoms. The fourth-order valence-corrected chi connectivity index (χ4v) is 7.36. The summed E-state index contributed by atoms with van der Waals surface area (Å²) >= 11 is 0. The minimum absolute atomic E-state index is 0.0345. The molecule has 1 heterocycles. The highest BCUT2D eigenvalue weighted by Gasteiger charge is 2.34. The number of hydroxylamine groups is 2. The van der Waals surface area contributed by atoms with Crippen LogP contribution in [0.1, 0.15) is 107 Å². The highest BCUT2D eigenvalue weighted by Crippen LogP contribution is 2.30. The maximum absolute atomic E-state index is 14.6. The van der Waals surface area contributed by atoms with Crippen LogP contribution in [0.5, 0.6) is 5.75 Å². The predicted octanol–water partition coefficient (Wildman–Crippen LogP) is 7.78. The Labute approximate surface area is 399 Å². The van der Waals surface area contributed by atoms with Crippen molar-refractivity contribution in [3.05, 3.63) is 149 Å². The maximum Gasteiger partial charge on any atom is 0.366 e. The second-order valence-electron chi connectivity index (χ2n) is 15.9. The van der Waals surface area contributed by atoms with E-state index in [4.69, 9.17) is 23.5 Å². The Kier molecular flexibility index (Phi) is 20.0. The maximum atomic E-state index is 14.6. The molecule has 0 aliphatic heterocycles. The quantitative estimate of drug-likeness (QED) is 0.0160. The Morgan fingerprint density at radius 3 is 2.12 bits per heavy atom. The van der Waals surface area contributed by atoms with Gasteiger partial charge in [0.15, 0.2) is 5.76 Å². The standard InChI is InChI=1S/C52H57FN4O12/c1-5-8-11-22-38(42(6-2)57(33-58)69-52(64)47-34(4)17-16-23-40(47)53)48(60)54-32-55-50(62)44-27-26-43(68-44)37-24-25-39(45(28-37)65-7-3)49(61)56-41(51(63)67-31-36-20-14-10-15-21-36)29-46(59)66-30-35-18-12-9-13-19-35/h9-10,12-21,23-28,33,38,41-42H,5-8,11,22,29-32H2,1-4H3,(H,54,60)(H,55,62)(H,56,61)/t38-,41+,42-/m1/s1. The van der Waals surface area contributed by atoms with E-state index in [-0.39, 0.29) is 67.7 Å². The molecular formula is C52H57FN4O12. The molecule has 0 bridgehead atoms. The molecule has 0 aliphatic carbocycles. The predicted molar refractivity (Wildman–Crippen MR) is 250 cm³/mol. The van der Waals surface area contributed by atoms with Crippen LogP contribution >= 0.6 is 0 Å². The average molecular weight is 949 g/mol. The van der Waals surface area contributed by atoms with Crippen molar-refractivity contribution in [3.8, 4) is 17.1 Å². The van der Waals surface area contributed by atoms with E-state index in [9.17, 15) is 38.0 Å².